The molecule has 2 nitrogen and oxygen atoms in total. The van der Waals surface area contributed by atoms with Crippen LogP contribution in [0.1, 0.15) is 56.9 Å². The molecule has 2 saturated carbocycles. The minimum Gasteiger partial charge on any atom is -0.496 e. The van der Waals surface area contributed by atoms with Crippen LogP contribution in [0.4, 0.5) is 0 Å². The Labute approximate surface area is 122 Å². The number of rotatable bonds is 5. The Morgan fingerprint density at radius 2 is 1.80 bits per heavy atom. The second-order valence-corrected chi connectivity index (χ2v) is 6.55. The van der Waals surface area contributed by atoms with Crippen molar-refractivity contribution >= 4 is 0 Å². The molecule has 110 valence electrons. The van der Waals surface area contributed by atoms with Crippen molar-refractivity contribution in [1.29, 1.82) is 0 Å². The van der Waals surface area contributed by atoms with Gasteiger partial charge < -0.3 is 10.1 Å². The van der Waals surface area contributed by atoms with Gasteiger partial charge in [-0.1, -0.05) is 43.9 Å². The third kappa shape index (κ3) is 3.01. The molecule has 2 fully saturated rings. The molecule has 0 aromatic heterocycles. The SMILES string of the molecule is COc1ccccc1C1(CNC2CC2)CCCCCC1. The van der Waals surface area contributed by atoms with Crippen molar-refractivity contribution in [3.05, 3.63) is 29.8 Å². The Kier molecular flexibility index (Phi) is 4.30. The Balaban J connectivity index is 1.89. The highest BCUT2D eigenvalue weighted by Crippen LogP contribution is 2.42. The van der Waals surface area contributed by atoms with E-state index in [4.69, 9.17) is 4.74 Å². The third-order valence-electron chi connectivity index (χ3n) is 5.05. The van der Waals surface area contributed by atoms with Crippen LogP contribution in [-0.2, 0) is 5.41 Å². The monoisotopic (exact) mass is 273 g/mol. The first-order chi connectivity index (χ1) is 9.84. The van der Waals surface area contributed by atoms with Gasteiger partial charge in [0.1, 0.15) is 5.75 Å². The van der Waals surface area contributed by atoms with Crippen molar-refractivity contribution < 1.29 is 4.74 Å². The van der Waals surface area contributed by atoms with Crippen molar-refractivity contribution in [2.24, 2.45) is 0 Å². The standard InChI is InChI=1S/C18H27NO/c1-20-17-9-5-4-8-16(17)18(14-19-15-10-11-15)12-6-2-3-7-13-18/h4-5,8-9,15,19H,2-3,6-7,10-14H2,1H3. The van der Waals surface area contributed by atoms with Crippen molar-refractivity contribution in [3.8, 4) is 5.75 Å². The quantitative estimate of drug-likeness (QED) is 0.818. The van der Waals surface area contributed by atoms with Crippen LogP contribution in [0, 0.1) is 0 Å². The molecule has 2 heteroatoms. The molecule has 0 bridgehead atoms. The number of para-hydroxylation sites is 1. The van der Waals surface area contributed by atoms with E-state index < -0.39 is 0 Å². The average molecular weight is 273 g/mol. The molecule has 0 amide bonds. The largest absolute Gasteiger partial charge is 0.496 e. The van der Waals surface area contributed by atoms with Gasteiger partial charge in [0.05, 0.1) is 7.11 Å². The van der Waals surface area contributed by atoms with Crippen LogP contribution in [-0.4, -0.2) is 19.7 Å². The Hall–Kier alpha value is -1.02. The summed E-state index contributed by atoms with van der Waals surface area (Å²) in [7, 11) is 1.80. The predicted molar refractivity (Wildman–Crippen MR) is 83.4 cm³/mol. The molecule has 1 aromatic carbocycles. The van der Waals surface area contributed by atoms with Gasteiger partial charge in [0, 0.05) is 23.6 Å². The number of nitrogens with one attached hydrogen (secondary N) is 1. The summed E-state index contributed by atoms with van der Waals surface area (Å²) < 4.78 is 5.66. The van der Waals surface area contributed by atoms with Gasteiger partial charge in [-0.05, 0) is 31.7 Å². The van der Waals surface area contributed by atoms with Crippen LogP contribution < -0.4 is 10.1 Å². The molecule has 1 N–H and O–H groups in total. The molecule has 0 spiro atoms. The summed E-state index contributed by atoms with van der Waals surface area (Å²) in [5, 5.41) is 3.79. The molecule has 0 saturated heterocycles. The van der Waals surface area contributed by atoms with E-state index in [2.05, 4.69) is 29.6 Å². The van der Waals surface area contributed by atoms with Gasteiger partial charge in [0.15, 0.2) is 0 Å². The molecule has 0 atom stereocenters. The normalized spacial score (nSPS) is 22.2. The number of hydrogen-bond acceptors (Lipinski definition) is 2. The highest BCUT2D eigenvalue weighted by Gasteiger charge is 2.36. The zero-order valence-corrected chi connectivity index (χ0v) is 12.7. The van der Waals surface area contributed by atoms with E-state index in [1.54, 1.807) is 7.11 Å². The van der Waals surface area contributed by atoms with E-state index in [-0.39, 0.29) is 5.41 Å². The fourth-order valence-electron chi connectivity index (χ4n) is 3.66. The molecule has 0 heterocycles. The van der Waals surface area contributed by atoms with Crippen LogP contribution in [0.3, 0.4) is 0 Å². The van der Waals surface area contributed by atoms with Crippen LogP contribution in [0.25, 0.3) is 0 Å². The first kappa shape index (κ1) is 13.9. The number of benzene rings is 1. The van der Waals surface area contributed by atoms with Crippen LogP contribution >= 0.6 is 0 Å². The number of methoxy groups -OCH3 is 1. The lowest BCUT2D eigenvalue weighted by Gasteiger charge is -2.35. The van der Waals surface area contributed by atoms with E-state index in [9.17, 15) is 0 Å². The molecule has 0 radical (unpaired) electrons. The predicted octanol–water partition coefficient (Wildman–Crippen LogP) is 4.04. The van der Waals surface area contributed by atoms with Crippen molar-refractivity contribution in [2.45, 2.75) is 62.8 Å². The molecule has 2 aliphatic rings. The second kappa shape index (κ2) is 6.17. The maximum atomic E-state index is 5.66. The molecule has 1 aromatic rings. The summed E-state index contributed by atoms with van der Waals surface area (Å²) in [6, 6.07) is 9.45. The van der Waals surface area contributed by atoms with Crippen LogP contribution in [0.2, 0.25) is 0 Å². The molecule has 3 rings (SSSR count). The first-order valence-electron chi connectivity index (χ1n) is 8.21. The van der Waals surface area contributed by atoms with Gasteiger partial charge in [-0.3, -0.25) is 0 Å². The summed E-state index contributed by atoms with van der Waals surface area (Å²) in [6.45, 7) is 1.12. The minimum absolute atomic E-state index is 0.283. The lowest BCUT2D eigenvalue weighted by Crippen LogP contribution is -2.39. The zero-order valence-electron chi connectivity index (χ0n) is 12.7. The maximum Gasteiger partial charge on any atom is 0.122 e. The fourth-order valence-corrected chi connectivity index (χ4v) is 3.66. The molecule has 20 heavy (non-hydrogen) atoms. The van der Waals surface area contributed by atoms with E-state index in [1.165, 1.54) is 56.9 Å². The summed E-state index contributed by atoms with van der Waals surface area (Å²) in [5.74, 6) is 1.08. The van der Waals surface area contributed by atoms with Gasteiger partial charge in [-0.15, -0.1) is 0 Å². The highest BCUT2D eigenvalue weighted by molar-refractivity contribution is 5.40. The lowest BCUT2D eigenvalue weighted by molar-refractivity contribution is 0.324. The van der Waals surface area contributed by atoms with Gasteiger partial charge in [0.2, 0.25) is 0 Å². The molecular weight excluding hydrogens is 246 g/mol. The van der Waals surface area contributed by atoms with Crippen LogP contribution in [0.5, 0.6) is 5.75 Å². The Morgan fingerprint density at radius 3 is 2.45 bits per heavy atom. The Bertz CT molecular complexity index is 431. The summed E-state index contributed by atoms with van der Waals surface area (Å²) in [5.41, 5.74) is 1.71. The zero-order chi connectivity index (χ0) is 13.8. The van der Waals surface area contributed by atoms with E-state index in [0.717, 1.165) is 18.3 Å². The van der Waals surface area contributed by atoms with Crippen molar-refractivity contribution in [3.63, 3.8) is 0 Å². The maximum absolute atomic E-state index is 5.66. The average Bonchev–Trinajstić information content (AvgIpc) is 3.32. The van der Waals surface area contributed by atoms with Gasteiger partial charge in [-0.2, -0.15) is 0 Å². The lowest BCUT2D eigenvalue weighted by atomic mass is 9.73. The molecule has 0 aliphatic heterocycles. The number of ether oxygens (including phenoxy) is 1. The summed E-state index contributed by atoms with van der Waals surface area (Å²) >= 11 is 0. The van der Waals surface area contributed by atoms with Gasteiger partial charge >= 0.3 is 0 Å². The molecule has 2 aliphatic carbocycles. The van der Waals surface area contributed by atoms with Crippen molar-refractivity contribution in [2.75, 3.05) is 13.7 Å². The fraction of sp³-hybridized carbons (Fsp3) is 0.667. The minimum atomic E-state index is 0.283. The number of hydrogen-bond donors (Lipinski definition) is 1. The summed E-state index contributed by atoms with van der Waals surface area (Å²) in [4.78, 5) is 0. The molecular formula is C18H27NO. The van der Waals surface area contributed by atoms with E-state index >= 15 is 0 Å². The van der Waals surface area contributed by atoms with E-state index in [0.29, 0.717) is 0 Å². The third-order valence-corrected chi connectivity index (χ3v) is 5.05. The van der Waals surface area contributed by atoms with Crippen LogP contribution in [0.15, 0.2) is 24.3 Å². The topological polar surface area (TPSA) is 21.3 Å². The van der Waals surface area contributed by atoms with E-state index in [1.807, 2.05) is 0 Å². The molecule has 0 unspecified atom stereocenters. The van der Waals surface area contributed by atoms with Gasteiger partial charge in [0.25, 0.3) is 0 Å². The summed E-state index contributed by atoms with van der Waals surface area (Å²) in [6.07, 6.45) is 10.8. The smallest absolute Gasteiger partial charge is 0.122 e. The highest BCUT2D eigenvalue weighted by atomic mass is 16.5. The van der Waals surface area contributed by atoms with Gasteiger partial charge in [-0.25, -0.2) is 0 Å². The second-order valence-electron chi connectivity index (χ2n) is 6.55. The first-order valence-corrected chi connectivity index (χ1v) is 8.21. The Morgan fingerprint density at radius 1 is 1.10 bits per heavy atom. The van der Waals surface area contributed by atoms with Crippen molar-refractivity contribution in [1.82, 2.24) is 5.32 Å².